The third-order valence-electron chi connectivity index (χ3n) is 5.14. The zero-order valence-electron chi connectivity index (χ0n) is 16.2. The summed E-state index contributed by atoms with van der Waals surface area (Å²) < 4.78 is 4.36. The molecule has 3 aromatic heterocycles. The minimum atomic E-state index is -0.212. The number of aryl methyl sites for hydroxylation is 2. The van der Waals surface area contributed by atoms with Crippen LogP contribution in [0, 0.1) is 13.8 Å². The van der Waals surface area contributed by atoms with Crippen molar-refractivity contribution in [3.05, 3.63) is 84.8 Å². The SMILES string of the molecule is Cc1cc(C(=O)Cn2cnc3ccc(Br)cc3c2=O)c(C)n1CCc1cccs1. The summed E-state index contributed by atoms with van der Waals surface area (Å²) >= 11 is 5.13. The van der Waals surface area contributed by atoms with E-state index in [1.54, 1.807) is 23.5 Å². The van der Waals surface area contributed by atoms with Gasteiger partial charge in [-0.2, -0.15) is 0 Å². The van der Waals surface area contributed by atoms with Crippen molar-refractivity contribution in [3.63, 3.8) is 0 Å². The summed E-state index contributed by atoms with van der Waals surface area (Å²) in [4.78, 5) is 31.4. The summed E-state index contributed by atoms with van der Waals surface area (Å²) in [7, 11) is 0. The van der Waals surface area contributed by atoms with E-state index < -0.39 is 0 Å². The third-order valence-corrected chi connectivity index (χ3v) is 6.57. The topological polar surface area (TPSA) is 56.9 Å². The molecule has 0 fully saturated rings. The fourth-order valence-corrected chi connectivity index (χ4v) is 4.65. The number of fused-ring (bicyclic) bond motifs is 1. The van der Waals surface area contributed by atoms with E-state index >= 15 is 0 Å². The number of hydrogen-bond acceptors (Lipinski definition) is 4. The highest BCUT2D eigenvalue weighted by atomic mass is 79.9. The van der Waals surface area contributed by atoms with E-state index in [1.165, 1.54) is 15.8 Å². The molecule has 0 aliphatic carbocycles. The first-order valence-electron chi connectivity index (χ1n) is 9.31. The first-order chi connectivity index (χ1) is 13.9. The predicted molar refractivity (Wildman–Crippen MR) is 120 cm³/mol. The second-order valence-electron chi connectivity index (χ2n) is 7.03. The zero-order valence-corrected chi connectivity index (χ0v) is 18.6. The Balaban J connectivity index is 1.59. The molecule has 1 aromatic carbocycles. The summed E-state index contributed by atoms with van der Waals surface area (Å²) in [6.45, 7) is 4.78. The van der Waals surface area contributed by atoms with Gasteiger partial charge in [-0.05, 0) is 56.0 Å². The van der Waals surface area contributed by atoms with Gasteiger partial charge in [-0.1, -0.05) is 22.0 Å². The monoisotopic (exact) mass is 469 g/mol. The molecule has 0 saturated heterocycles. The Labute approximate surface area is 180 Å². The van der Waals surface area contributed by atoms with Gasteiger partial charge in [-0.25, -0.2) is 4.98 Å². The standard InChI is InChI=1S/C22H20BrN3O2S/c1-14-10-18(15(2)26(14)8-7-17-4-3-9-29-17)21(27)12-25-13-24-20-6-5-16(23)11-19(20)22(25)28/h3-6,9-11,13H,7-8,12H2,1-2H3. The van der Waals surface area contributed by atoms with Gasteiger partial charge in [0.25, 0.3) is 5.56 Å². The first kappa shape index (κ1) is 19.8. The van der Waals surface area contributed by atoms with Gasteiger partial charge in [0, 0.05) is 32.8 Å². The Kier molecular flexibility index (Phi) is 5.52. The molecule has 29 heavy (non-hydrogen) atoms. The number of carbonyl (C=O) groups is 1. The molecule has 7 heteroatoms. The van der Waals surface area contributed by atoms with Crippen LogP contribution >= 0.6 is 27.3 Å². The molecule has 4 aromatic rings. The maximum absolute atomic E-state index is 13.0. The van der Waals surface area contributed by atoms with Gasteiger partial charge in [0.05, 0.1) is 23.8 Å². The molecule has 0 amide bonds. The van der Waals surface area contributed by atoms with Gasteiger partial charge in [0.15, 0.2) is 5.78 Å². The molecular formula is C22H20BrN3O2S. The number of aromatic nitrogens is 3. The largest absolute Gasteiger partial charge is 0.348 e. The van der Waals surface area contributed by atoms with Crippen molar-refractivity contribution in [1.82, 2.24) is 14.1 Å². The molecule has 0 aliphatic heterocycles. The number of ketones is 1. The summed E-state index contributed by atoms with van der Waals surface area (Å²) in [5.41, 5.74) is 3.06. The number of benzene rings is 1. The number of rotatable bonds is 6. The van der Waals surface area contributed by atoms with Crippen LogP contribution in [0.4, 0.5) is 0 Å². The zero-order chi connectivity index (χ0) is 20.5. The highest BCUT2D eigenvalue weighted by molar-refractivity contribution is 9.10. The van der Waals surface area contributed by atoms with E-state index in [2.05, 4.69) is 43.0 Å². The first-order valence-corrected chi connectivity index (χ1v) is 11.0. The molecule has 148 valence electrons. The van der Waals surface area contributed by atoms with E-state index in [0.29, 0.717) is 16.5 Å². The van der Waals surface area contributed by atoms with Crippen molar-refractivity contribution < 1.29 is 4.79 Å². The molecule has 0 radical (unpaired) electrons. The Morgan fingerprint density at radius 1 is 1.21 bits per heavy atom. The lowest BCUT2D eigenvalue weighted by atomic mass is 10.1. The molecule has 0 aliphatic rings. The van der Waals surface area contributed by atoms with Crippen molar-refractivity contribution in [2.75, 3.05) is 0 Å². The maximum atomic E-state index is 13.0. The average Bonchev–Trinajstić information content (AvgIpc) is 3.31. The van der Waals surface area contributed by atoms with Crippen LogP contribution in [0.1, 0.15) is 26.6 Å². The minimum Gasteiger partial charge on any atom is -0.348 e. The molecule has 4 rings (SSSR count). The van der Waals surface area contributed by atoms with E-state index in [1.807, 2.05) is 26.0 Å². The highest BCUT2D eigenvalue weighted by Gasteiger charge is 2.17. The second-order valence-corrected chi connectivity index (χ2v) is 8.98. The molecule has 0 bridgehead atoms. The van der Waals surface area contributed by atoms with Gasteiger partial charge in [0.1, 0.15) is 0 Å². The van der Waals surface area contributed by atoms with E-state index in [-0.39, 0.29) is 17.9 Å². The van der Waals surface area contributed by atoms with Gasteiger partial charge < -0.3 is 4.57 Å². The lowest BCUT2D eigenvalue weighted by Crippen LogP contribution is -2.25. The lowest BCUT2D eigenvalue weighted by molar-refractivity contribution is 0.0970. The fourth-order valence-electron chi connectivity index (χ4n) is 3.59. The second kappa shape index (κ2) is 8.08. The summed E-state index contributed by atoms with van der Waals surface area (Å²) in [5, 5.41) is 2.57. The molecular weight excluding hydrogens is 450 g/mol. The normalized spacial score (nSPS) is 11.3. The maximum Gasteiger partial charge on any atom is 0.261 e. The van der Waals surface area contributed by atoms with E-state index in [9.17, 15) is 9.59 Å². The number of thiophene rings is 1. The van der Waals surface area contributed by atoms with Crippen LogP contribution in [0.15, 0.2) is 57.4 Å². The van der Waals surface area contributed by atoms with Crippen LogP contribution in [0.25, 0.3) is 10.9 Å². The van der Waals surface area contributed by atoms with Crippen molar-refractivity contribution in [3.8, 4) is 0 Å². The molecule has 0 unspecified atom stereocenters. The number of hydrogen-bond donors (Lipinski definition) is 0. The van der Waals surface area contributed by atoms with Crippen molar-refractivity contribution in [1.29, 1.82) is 0 Å². The number of Topliss-reactive ketones (excluding diaryl/α,β-unsaturated/α-hetero) is 1. The lowest BCUT2D eigenvalue weighted by Gasteiger charge is -2.09. The highest BCUT2D eigenvalue weighted by Crippen LogP contribution is 2.19. The summed E-state index contributed by atoms with van der Waals surface area (Å²) in [5.74, 6) is -0.0845. The molecule has 0 N–H and O–H groups in total. The van der Waals surface area contributed by atoms with Gasteiger partial charge in [-0.15, -0.1) is 11.3 Å². The summed E-state index contributed by atoms with van der Waals surface area (Å²) in [6, 6.07) is 11.5. The Morgan fingerprint density at radius 2 is 2.03 bits per heavy atom. The van der Waals surface area contributed by atoms with Crippen molar-refractivity contribution in [2.45, 2.75) is 33.4 Å². The fraction of sp³-hybridized carbons (Fsp3) is 0.227. The molecule has 0 atom stereocenters. The van der Waals surface area contributed by atoms with Gasteiger partial charge in [0.2, 0.25) is 0 Å². The number of nitrogens with zero attached hydrogens (tertiary/aromatic N) is 3. The molecule has 5 nitrogen and oxygen atoms in total. The molecule has 0 spiro atoms. The van der Waals surface area contributed by atoms with Crippen LogP contribution in [-0.4, -0.2) is 19.9 Å². The van der Waals surface area contributed by atoms with Crippen LogP contribution in [0.2, 0.25) is 0 Å². The quantitative estimate of drug-likeness (QED) is 0.382. The van der Waals surface area contributed by atoms with Crippen LogP contribution in [-0.2, 0) is 19.5 Å². The van der Waals surface area contributed by atoms with Gasteiger partial charge >= 0.3 is 0 Å². The van der Waals surface area contributed by atoms with Crippen LogP contribution < -0.4 is 5.56 Å². The van der Waals surface area contributed by atoms with Crippen LogP contribution in [0.3, 0.4) is 0 Å². The predicted octanol–water partition coefficient (Wildman–Crippen LogP) is 4.76. The van der Waals surface area contributed by atoms with Crippen molar-refractivity contribution in [2.24, 2.45) is 0 Å². The van der Waals surface area contributed by atoms with E-state index in [4.69, 9.17) is 0 Å². The molecule has 3 heterocycles. The van der Waals surface area contributed by atoms with Gasteiger partial charge in [-0.3, -0.25) is 14.2 Å². The Hall–Kier alpha value is -2.51. The average molecular weight is 470 g/mol. The van der Waals surface area contributed by atoms with Crippen molar-refractivity contribution >= 4 is 44.0 Å². The summed E-state index contributed by atoms with van der Waals surface area (Å²) in [6.07, 6.45) is 2.39. The third kappa shape index (κ3) is 3.97. The smallest absolute Gasteiger partial charge is 0.261 e. The molecule has 0 saturated carbocycles. The van der Waals surface area contributed by atoms with E-state index in [0.717, 1.165) is 28.8 Å². The Bertz CT molecular complexity index is 1260. The Morgan fingerprint density at radius 3 is 2.79 bits per heavy atom. The van der Waals surface area contributed by atoms with Crippen LogP contribution in [0.5, 0.6) is 0 Å². The number of carbonyl (C=O) groups excluding carboxylic acids is 1. The minimum absolute atomic E-state index is 0.0243. The number of halogens is 1.